The Labute approximate surface area is 157 Å². The van der Waals surface area contributed by atoms with Crippen LogP contribution in [0.1, 0.15) is 87.1 Å². The van der Waals surface area contributed by atoms with Gasteiger partial charge >= 0.3 is 5.97 Å². The van der Waals surface area contributed by atoms with Gasteiger partial charge in [0.05, 0.1) is 19.8 Å². The van der Waals surface area contributed by atoms with Crippen LogP contribution < -0.4 is 9.47 Å². The standard InChI is InChI=1S/C21H34O5/c1-4-5-6-7-8-9-10-11-12-13-14-16-17(21(23)24)15-18(25-2)19(22)20(16)26-3/h15,22H,4-14H2,1-3H3,(H,23,24). The Morgan fingerprint density at radius 2 is 1.46 bits per heavy atom. The number of phenolic OH excluding ortho intramolecular Hbond substituents is 1. The summed E-state index contributed by atoms with van der Waals surface area (Å²) >= 11 is 0. The predicted molar refractivity (Wildman–Crippen MR) is 104 cm³/mol. The molecule has 0 unspecified atom stereocenters. The number of methoxy groups -OCH3 is 2. The van der Waals surface area contributed by atoms with E-state index in [1.807, 2.05) is 0 Å². The van der Waals surface area contributed by atoms with E-state index in [2.05, 4.69) is 6.92 Å². The second-order valence-electron chi connectivity index (χ2n) is 6.72. The molecule has 2 N–H and O–H groups in total. The van der Waals surface area contributed by atoms with E-state index in [4.69, 9.17) is 9.47 Å². The van der Waals surface area contributed by atoms with E-state index in [1.54, 1.807) is 0 Å². The monoisotopic (exact) mass is 366 g/mol. The number of ether oxygens (including phenoxy) is 2. The molecule has 148 valence electrons. The fourth-order valence-electron chi connectivity index (χ4n) is 3.27. The first-order valence-corrected chi connectivity index (χ1v) is 9.76. The van der Waals surface area contributed by atoms with Crippen LogP contribution in [-0.2, 0) is 6.42 Å². The molecule has 1 aromatic carbocycles. The van der Waals surface area contributed by atoms with Crippen molar-refractivity contribution in [2.24, 2.45) is 0 Å². The Morgan fingerprint density at radius 1 is 0.923 bits per heavy atom. The largest absolute Gasteiger partial charge is 0.502 e. The van der Waals surface area contributed by atoms with Crippen LogP contribution in [0.2, 0.25) is 0 Å². The van der Waals surface area contributed by atoms with Gasteiger partial charge in [-0.1, -0.05) is 64.7 Å². The van der Waals surface area contributed by atoms with Crippen LogP contribution in [0.15, 0.2) is 6.07 Å². The van der Waals surface area contributed by atoms with E-state index in [1.165, 1.54) is 65.2 Å². The van der Waals surface area contributed by atoms with Crippen molar-refractivity contribution in [3.8, 4) is 17.2 Å². The highest BCUT2D eigenvalue weighted by Crippen LogP contribution is 2.41. The van der Waals surface area contributed by atoms with Gasteiger partial charge in [0.15, 0.2) is 11.5 Å². The number of aromatic carboxylic acids is 1. The fraction of sp³-hybridized carbons (Fsp3) is 0.667. The number of hydrogen-bond acceptors (Lipinski definition) is 4. The van der Waals surface area contributed by atoms with Crippen LogP contribution in [0.4, 0.5) is 0 Å². The quantitative estimate of drug-likeness (QED) is 0.421. The third-order valence-corrected chi connectivity index (χ3v) is 4.76. The SMILES string of the molecule is CCCCCCCCCCCCc1c(C(=O)O)cc(OC)c(O)c1OC. The van der Waals surface area contributed by atoms with Gasteiger partial charge < -0.3 is 19.7 Å². The number of carboxylic acids is 1. The van der Waals surface area contributed by atoms with E-state index in [-0.39, 0.29) is 22.8 Å². The van der Waals surface area contributed by atoms with Gasteiger partial charge in [0.1, 0.15) is 0 Å². The van der Waals surface area contributed by atoms with Crippen molar-refractivity contribution in [2.75, 3.05) is 14.2 Å². The van der Waals surface area contributed by atoms with Gasteiger partial charge in [-0.3, -0.25) is 0 Å². The molecule has 0 radical (unpaired) electrons. The molecule has 0 aliphatic heterocycles. The van der Waals surface area contributed by atoms with Crippen molar-refractivity contribution in [2.45, 2.75) is 77.6 Å². The lowest BCUT2D eigenvalue weighted by Crippen LogP contribution is -2.06. The lowest BCUT2D eigenvalue weighted by atomic mass is 9.98. The molecule has 26 heavy (non-hydrogen) atoms. The number of unbranched alkanes of at least 4 members (excludes halogenated alkanes) is 9. The van der Waals surface area contributed by atoms with Gasteiger partial charge in [0, 0.05) is 5.56 Å². The van der Waals surface area contributed by atoms with Gasteiger partial charge in [0.2, 0.25) is 5.75 Å². The highest BCUT2D eigenvalue weighted by Gasteiger charge is 2.22. The Kier molecular flexibility index (Phi) is 10.6. The molecule has 0 saturated carbocycles. The molecule has 5 heteroatoms. The molecule has 0 aliphatic rings. The minimum absolute atomic E-state index is 0.117. The Balaban J connectivity index is 2.51. The summed E-state index contributed by atoms with van der Waals surface area (Å²) < 4.78 is 10.3. The third kappa shape index (κ3) is 6.77. The average Bonchev–Trinajstić information content (AvgIpc) is 2.63. The molecule has 0 aliphatic carbocycles. The summed E-state index contributed by atoms with van der Waals surface area (Å²) in [7, 11) is 2.82. The number of hydrogen-bond donors (Lipinski definition) is 2. The van der Waals surface area contributed by atoms with E-state index < -0.39 is 5.97 Å². The molecule has 1 rings (SSSR count). The zero-order chi connectivity index (χ0) is 19.4. The summed E-state index contributed by atoms with van der Waals surface area (Å²) in [6.07, 6.45) is 12.7. The number of aromatic hydroxyl groups is 1. The highest BCUT2D eigenvalue weighted by atomic mass is 16.5. The molecule has 0 fully saturated rings. The Hall–Kier alpha value is -1.91. The molecule has 0 atom stereocenters. The zero-order valence-corrected chi connectivity index (χ0v) is 16.5. The van der Waals surface area contributed by atoms with Gasteiger partial charge in [-0.25, -0.2) is 4.79 Å². The number of phenols is 1. The first kappa shape index (κ1) is 22.1. The van der Waals surface area contributed by atoms with Crippen molar-refractivity contribution >= 4 is 5.97 Å². The first-order valence-electron chi connectivity index (χ1n) is 9.76. The summed E-state index contributed by atoms with van der Waals surface area (Å²) in [6, 6.07) is 1.37. The Bertz CT molecular complexity index is 554. The summed E-state index contributed by atoms with van der Waals surface area (Å²) in [5.74, 6) is -0.852. The molecule has 1 aromatic rings. The molecule has 0 saturated heterocycles. The maximum absolute atomic E-state index is 11.6. The van der Waals surface area contributed by atoms with Crippen LogP contribution in [0.3, 0.4) is 0 Å². The number of carboxylic acid groups (broad SMARTS) is 1. The maximum atomic E-state index is 11.6. The molecule has 0 bridgehead atoms. The molecule has 0 amide bonds. The Morgan fingerprint density at radius 3 is 1.92 bits per heavy atom. The van der Waals surface area contributed by atoms with E-state index in [0.29, 0.717) is 12.0 Å². The number of benzene rings is 1. The van der Waals surface area contributed by atoms with E-state index >= 15 is 0 Å². The van der Waals surface area contributed by atoms with Gasteiger partial charge in [-0.05, 0) is 18.9 Å². The van der Waals surface area contributed by atoms with Crippen molar-refractivity contribution in [1.82, 2.24) is 0 Å². The van der Waals surface area contributed by atoms with Gasteiger partial charge in [-0.2, -0.15) is 0 Å². The van der Waals surface area contributed by atoms with Gasteiger partial charge in [-0.15, -0.1) is 0 Å². The van der Waals surface area contributed by atoms with Crippen molar-refractivity contribution in [3.63, 3.8) is 0 Å². The maximum Gasteiger partial charge on any atom is 0.336 e. The lowest BCUT2D eigenvalue weighted by molar-refractivity contribution is 0.0694. The van der Waals surface area contributed by atoms with Crippen molar-refractivity contribution in [1.29, 1.82) is 0 Å². The molecule has 0 spiro atoms. The van der Waals surface area contributed by atoms with Crippen molar-refractivity contribution < 1.29 is 24.5 Å². The number of rotatable bonds is 14. The molecular weight excluding hydrogens is 332 g/mol. The molecular formula is C21H34O5. The fourth-order valence-corrected chi connectivity index (χ4v) is 3.27. The minimum atomic E-state index is -1.04. The van der Waals surface area contributed by atoms with Crippen LogP contribution >= 0.6 is 0 Å². The third-order valence-electron chi connectivity index (χ3n) is 4.76. The van der Waals surface area contributed by atoms with Crippen molar-refractivity contribution in [3.05, 3.63) is 17.2 Å². The van der Waals surface area contributed by atoms with Crippen LogP contribution in [0.25, 0.3) is 0 Å². The second kappa shape index (κ2) is 12.4. The first-order chi connectivity index (χ1) is 12.6. The summed E-state index contributed by atoms with van der Waals surface area (Å²) in [5.41, 5.74) is 0.672. The van der Waals surface area contributed by atoms with Crippen LogP contribution in [0, 0.1) is 0 Å². The lowest BCUT2D eigenvalue weighted by Gasteiger charge is -2.16. The molecule has 0 aromatic heterocycles. The summed E-state index contributed by atoms with van der Waals surface area (Å²) in [4.78, 5) is 11.6. The predicted octanol–water partition coefficient (Wildman–Crippen LogP) is 5.57. The highest BCUT2D eigenvalue weighted by molar-refractivity contribution is 5.92. The summed E-state index contributed by atoms with van der Waals surface area (Å²) in [6.45, 7) is 2.23. The normalized spacial score (nSPS) is 10.7. The topological polar surface area (TPSA) is 76.0 Å². The molecule has 0 heterocycles. The zero-order valence-electron chi connectivity index (χ0n) is 16.5. The van der Waals surface area contributed by atoms with Gasteiger partial charge in [0.25, 0.3) is 0 Å². The second-order valence-corrected chi connectivity index (χ2v) is 6.72. The van der Waals surface area contributed by atoms with Crippen LogP contribution in [0.5, 0.6) is 17.2 Å². The van der Waals surface area contributed by atoms with Crippen LogP contribution in [-0.4, -0.2) is 30.4 Å². The molecule has 5 nitrogen and oxygen atoms in total. The smallest absolute Gasteiger partial charge is 0.336 e. The summed E-state index contributed by atoms with van der Waals surface area (Å²) in [5, 5.41) is 19.7. The minimum Gasteiger partial charge on any atom is -0.502 e. The average molecular weight is 366 g/mol. The van der Waals surface area contributed by atoms with E-state index in [0.717, 1.165) is 19.3 Å². The van der Waals surface area contributed by atoms with E-state index in [9.17, 15) is 15.0 Å². The number of carbonyl (C=O) groups is 1.